The molecule has 8 nitrogen and oxygen atoms in total. The molecule has 0 aliphatic heterocycles. The molecular weight excluding hydrogens is 242 g/mol. The number of esters is 1. The van der Waals surface area contributed by atoms with E-state index in [0.29, 0.717) is 0 Å². The van der Waals surface area contributed by atoms with E-state index in [9.17, 15) is 14.9 Å². The van der Waals surface area contributed by atoms with E-state index in [4.69, 9.17) is 0 Å². The molecule has 18 heavy (non-hydrogen) atoms. The molecule has 92 valence electrons. The van der Waals surface area contributed by atoms with Crippen molar-refractivity contribution in [3.05, 3.63) is 40.3 Å². The molecule has 1 heterocycles. The standard InChI is InChI=1S/C10H7N3O5/c1-17-10(14)9-11-8(12-18-9)6-4-2-3-5-7(6)13(15)16/h2-5H,1H3. The average molecular weight is 249 g/mol. The number of para-hydroxylation sites is 1. The van der Waals surface area contributed by atoms with E-state index in [0.717, 1.165) is 7.11 Å². The highest BCUT2D eigenvalue weighted by Crippen LogP contribution is 2.26. The number of aromatic nitrogens is 2. The van der Waals surface area contributed by atoms with Crippen molar-refractivity contribution in [3.8, 4) is 11.4 Å². The maximum atomic E-state index is 11.1. The van der Waals surface area contributed by atoms with E-state index >= 15 is 0 Å². The van der Waals surface area contributed by atoms with Crippen molar-refractivity contribution in [1.82, 2.24) is 10.1 Å². The van der Waals surface area contributed by atoms with Crippen LogP contribution in [0.4, 0.5) is 5.69 Å². The van der Waals surface area contributed by atoms with Gasteiger partial charge in [-0.05, 0) is 6.07 Å². The molecule has 0 aliphatic rings. The van der Waals surface area contributed by atoms with Crippen LogP contribution in [0.15, 0.2) is 28.8 Å². The van der Waals surface area contributed by atoms with Crippen LogP contribution < -0.4 is 0 Å². The second kappa shape index (κ2) is 4.62. The molecule has 0 fully saturated rings. The van der Waals surface area contributed by atoms with Crippen molar-refractivity contribution in [1.29, 1.82) is 0 Å². The molecule has 8 heteroatoms. The molecule has 0 saturated carbocycles. The molecular formula is C10H7N3O5. The fraction of sp³-hybridized carbons (Fsp3) is 0.100. The third kappa shape index (κ3) is 2.03. The lowest BCUT2D eigenvalue weighted by Gasteiger charge is -1.96. The average Bonchev–Trinajstić information content (AvgIpc) is 2.87. The number of hydrogen-bond acceptors (Lipinski definition) is 7. The van der Waals surface area contributed by atoms with Gasteiger partial charge in [-0.2, -0.15) is 4.98 Å². The van der Waals surface area contributed by atoms with Crippen molar-refractivity contribution < 1.29 is 19.0 Å². The Morgan fingerprint density at radius 1 is 1.44 bits per heavy atom. The van der Waals surface area contributed by atoms with Crippen LogP contribution in [-0.2, 0) is 4.74 Å². The molecule has 1 aromatic carbocycles. The summed E-state index contributed by atoms with van der Waals surface area (Å²) in [7, 11) is 1.16. The number of carbonyl (C=O) groups is 1. The third-order valence-corrected chi connectivity index (χ3v) is 2.13. The number of nitrogens with zero attached hydrogens (tertiary/aromatic N) is 3. The van der Waals surface area contributed by atoms with Gasteiger partial charge in [0.15, 0.2) is 0 Å². The number of methoxy groups -OCH3 is 1. The van der Waals surface area contributed by atoms with E-state index in [1.807, 2.05) is 0 Å². The summed E-state index contributed by atoms with van der Waals surface area (Å²) >= 11 is 0. The first kappa shape index (κ1) is 11.7. The number of benzene rings is 1. The zero-order valence-electron chi connectivity index (χ0n) is 9.19. The highest BCUT2D eigenvalue weighted by Gasteiger charge is 2.21. The van der Waals surface area contributed by atoms with Gasteiger partial charge < -0.3 is 9.26 Å². The van der Waals surface area contributed by atoms with Crippen molar-refractivity contribution in [2.75, 3.05) is 7.11 Å². The molecule has 2 aromatic rings. The van der Waals surface area contributed by atoms with E-state index in [-0.39, 0.29) is 23.0 Å². The number of carbonyl (C=O) groups excluding carboxylic acids is 1. The summed E-state index contributed by atoms with van der Waals surface area (Å²) in [5, 5.41) is 14.3. The smallest absolute Gasteiger partial charge is 0.397 e. The van der Waals surface area contributed by atoms with Gasteiger partial charge in [0.25, 0.3) is 5.69 Å². The van der Waals surface area contributed by atoms with Crippen LogP contribution in [0, 0.1) is 10.1 Å². The first-order valence-electron chi connectivity index (χ1n) is 4.79. The monoisotopic (exact) mass is 249 g/mol. The number of nitro benzene ring substituents is 1. The highest BCUT2D eigenvalue weighted by molar-refractivity contribution is 5.84. The molecule has 0 aliphatic carbocycles. The fourth-order valence-corrected chi connectivity index (χ4v) is 1.33. The Bertz CT molecular complexity index is 607. The molecule has 0 amide bonds. The predicted octanol–water partition coefficient (Wildman–Crippen LogP) is 1.43. The highest BCUT2D eigenvalue weighted by atomic mass is 16.6. The molecule has 0 atom stereocenters. The number of hydrogen-bond donors (Lipinski definition) is 0. The summed E-state index contributed by atoms with van der Waals surface area (Å²) < 4.78 is 9.04. The largest absolute Gasteiger partial charge is 0.462 e. The van der Waals surface area contributed by atoms with Crippen LogP contribution in [0.5, 0.6) is 0 Å². The van der Waals surface area contributed by atoms with Crippen molar-refractivity contribution >= 4 is 11.7 Å². The van der Waals surface area contributed by atoms with Crippen LogP contribution in [0.2, 0.25) is 0 Å². The van der Waals surface area contributed by atoms with E-state index in [2.05, 4.69) is 19.4 Å². The number of ether oxygens (including phenoxy) is 1. The van der Waals surface area contributed by atoms with E-state index in [1.165, 1.54) is 18.2 Å². The maximum absolute atomic E-state index is 11.1. The maximum Gasteiger partial charge on any atom is 0.397 e. The summed E-state index contributed by atoms with van der Waals surface area (Å²) in [4.78, 5) is 25.1. The van der Waals surface area contributed by atoms with Crippen LogP contribution in [0.3, 0.4) is 0 Å². The first-order chi connectivity index (χ1) is 8.63. The molecule has 0 spiro atoms. The topological polar surface area (TPSA) is 108 Å². The summed E-state index contributed by atoms with van der Waals surface area (Å²) in [6.07, 6.45) is 0. The van der Waals surface area contributed by atoms with Crippen molar-refractivity contribution in [2.45, 2.75) is 0 Å². The van der Waals surface area contributed by atoms with Gasteiger partial charge in [0.1, 0.15) is 5.56 Å². The lowest BCUT2D eigenvalue weighted by molar-refractivity contribution is -0.384. The lowest BCUT2D eigenvalue weighted by atomic mass is 10.2. The third-order valence-electron chi connectivity index (χ3n) is 2.13. The summed E-state index contributed by atoms with van der Waals surface area (Å²) in [5.41, 5.74) is -0.00359. The predicted molar refractivity (Wildman–Crippen MR) is 57.7 cm³/mol. The number of nitro groups is 1. The van der Waals surface area contributed by atoms with Gasteiger partial charge in [0.2, 0.25) is 5.82 Å². The van der Waals surface area contributed by atoms with Gasteiger partial charge in [-0.3, -0.25) is 10.1 Å². The first-order valence-corrected chi connectivity index (χ1v) is 4.79. The van der Waals surface area contributed by atoms with Gasteiger partial charge in [0, 0.05) is 6.07 Å². The molecule has 2 rings (SSSR count). The van der Waals surface area contributed by atoms with Crippen LogP contribution in [-0.4, -0.2) is 28.1 Å². The molecule has 0 N–H and O–H groups in total. The van der Waals surface area contributed by atoms with Crippen LogP contribution in [0.1, 0.15) is 10.7 Å². The molecule has 1 aromatic heterocycles. The van der Waals surface area contributed by atoms with Gasteiger partial charge in [0.05, 0.1) is 12.0 Å². The normalized spacial score (nSPS) is 10.1. The SMILES string of the molecule is COC(=O)c1nc(-c2ccccc2[N+](=O)[O-])no1. The summed E-state index contributed by atoms with van der Waals surface area (Å²) in [5.74, 6) is -1.19. The number of rotatable bonds is 3. The van der Waals surface area contributed by atoms with Gasteiger partial charge in [-0.1, -0.05) is 17.3 Å². The minimum Gasteiger partial charge on any atom is -0.462 e. The minimum atomic E-state index is -0.799. The Morgan fingerprint density at radius 3 is 2.83 bits per heavy atom. The summed E-state index contributed by atoms with van der Waals surface area (Å²) in [6, 6.07) is 5.88. The Hall–Kier alpha value is -2.77. The second-order valence-electron chi connectivity index (χ2n) is 3.19. The fourth-order valence-electron chi connectivity index (χ4n) is 1.33. The van der Waals surface area contributed by atoms with Crippen LogP contribution >= 0.6 is 0 Å². The zero-order chi connectivity index (χ0) is 13.1. The van der Waals surface area contributed by atoms with Crippen molar-refractivity contribution in [3.63, 3.8) is 0 Å². The van der Waals surface area contributed by atoms with Gasteiger partial charge in [-0.15, -0.1) is 0 Å². The second-order valence-corrected chi connectivity index (χ2v) is 3.19. The Labute approximate surface area is 100 Å². The molecule has 0 bridgehead atoms. The summed E-state index contributed by atoms with van der Waals surface area (Å²) in [6.45, 7) is 0. The quantitative estimate of drug-likeness (QED) is 0.459. The lowest BCUT2D eigenvalue weighted by Crippen LogP contribution is -2.01. The zero-order valence-corrected chi connectivity index (χ0v) is 9.19. The van der Waals surface area contributed by atoms with Crippen molar-refractivity contribution in [2.24, 2.45) is 0 Å². The van der Waals surface area contributed by atoms with E-state index in [1.54, 1.807) is 6.07 Å². The molecule has 0 radical (unpaired) electrons. The van der Waals surface area contributed by atoms with Gasteiger partial charge >= 0.3 is 11.9 Å². The Morgan fingerprint density at radius 2 is 2.17 bits per heavy atom. The molecule has 0 unspecified atom stereocenters. The van der Waals surface area contributed by atoms with Crippen LogP contribution in [0.25, 0.3) is 11.4 Å². The van der Waals surface area contributed by atoms with Gasteiger partial charge in [-0.25, -0.2) is 4.79 Å². The van der Waals surface area contributed by atoms with E-state index < -0.39 is 10.9 Å². The Kier molecular flexibility index (Phi) is 3.00. The minimum absolute atomic E-state index is 0.0392. The molecule has 0 saturated heterocycles. The Balaban J connectivity index is 2.46.